The molecule has 2 rings (SSSR count). The highest BCUT2D eigenvalue weighted by molar-refractivity contribution is 5.87. The third-order valence-corrected chi connectivity index (χ3v) is 5.01. The van der Waals surface area contributed by atoms with Crippen LogP contribution in [0.2, 0.25) is 0 Å². The lowest BCUT2D eigenvalue weighted by molar-refractivity contribution is -0.142. The van der Waals surface area contributed by atoms with E-state index < -0.39 is 6.04 Å². The van der Waals surface area contributed by atoms with E-state index in [1.54, 1.807) is 11.8 Å². The molecule has 2 aromatic carbocycles. The molecule has 0 aliphatic carbocycles. The van der Waals surface area contributed by atoms with Crippen molar-refractivity contribution in [2.45, 2.75) is 53.1 Å². The summed E-state index contributed by atoms with van der Waals surface area (Å²) in [4.78, 5) is 27.1. The number of benzene rings is 2. The largest absolute Gasteiger partial charge is 0.484 e. The monoisotopic (exact) mass is 396 g/mol. The van der Waals surface area contributed by atoms with Gasteiger partial charge in [-0.15, -0.1) is 0 Å². The fourth-order valence-electron chi connectivity index (χ4n) is 3.00. The van der Waals surface area contributed by atoms with Gasteiger partial charge in [-0.05, 0) is 55.5 Å². The van der Waals surface area contributed by atoms with Crippen molar-refractivity contribution >= 4 is 11.8 Å². The van der Waals surface area contributed by atoms with Crippen molar-refractivity contribution < 1.29 is 14.3 Å². The van der Waals surface area contributed by atoms with Crippen LogP contribution in [-0.2, 0) is 22.6 Å². The Morgan fingerprint density at radius 3 is 2.38 bits per heavy atom. The second-order valence-electron chi connectivity index (χ2n) is 7.20. The average Bonchev–Trinajstić information content (AvgIpc) is 2.75. The minimum Gasteiger partial charge on any atom is -0.484 e. The number of ether oxygens (including phenoxy) is 1. The number of nitrogens with zero attached hydrogens (tertiary/aromatic N) is 1. The van der Waals surface area contributed by atoms with Gasteiger partial charge in [0.25, 0.3) is 5.91 Å². The molecule has 156 valence electrons. The zero-order chi connectivity index (χ0) is 21.2. The van der Waals surface area contributed by atoms with E-state index >= 15 is 0 Å². The Hall–Kier alpha value is -2.82. The van der Waals surface area contributed by atoms with E-state index in [2.05, 4.69) is 12.2 Å². The Morgan fingerprint density at radius 1 is 1.07 bits per heavy atom. The molecule has 0 bridgehead atoms. The molecule has 2 aromatic rings. The molecule has 1 atom stereocenters. The lowest BCUT2D eigenvalue weighted by Gasteiger charge is -2.29. The summed E-state index contributed by atoms with van der Waals surface area (Å²) in [5, 5.41) is 2.88. The molecule has 2 amide bonds. The number of amides is 2. The van der Waals surface area contributed by atoms with Crippen molar-refractivity contribution in [3.05, 3.63) is 65.2 Å². The molecular weight excluding hydrogens is 364 g/mol. The zero-order valence-electron chi connectivity index (χ0n) is 17.9. The number of aryl methyl sites for hydroxylation is 2. The van der Waals surface area contributed by atoms with Crippen LogP contribution in [0.3, 0.4) is 0 Å². The maximum absolute atomic E-state index is 13.0. The van der Waals surface area contributed by atoms with Crippen LogP contribution < -0.4 is 10.1 Å². The fourth-order valence-corrected chi connectivity index (χ4v) is 3.00. The first-order valence-corrected chi connectivity index (χ1v) is 10.3. The van der Waals surface area contributed by atoms with Gasteiger partial charge in [-0.25, -0.2) is 0 Å². The summed E-state index contributed by atoms with van der Waals surface area (Å²) in [5.41, 5.74) is 3.32. The van der Waals surface area contributed by atoms with Crippen molar-refractivity contribution in [1.29, 1.82) is 0 Å². The molecule has 0 saturated heterocycles. The molecule has 0 aliphatic heterocycles. The quantitative estimate of drug-likeness (QED) is 0.663. The third kappa shape index (κ3) is 6.63. The van der Waals surface area contributed by atoms with Crippen LogP contribution in [-0.4, -0.2) is 35.9 Å². The highest BCUT2D eigenvalue weighted by Gasteiger charge is 2.26. The van der Waals surface area contributed by atoms with Crippen molar-refractivity contribution in [3.63, 3.8) is 0 Å². The second-order valence-corrected chi connectivity index (χ2v) is 7.20. The summed E-state index contributed by atoms with van der Waals surface area (Å²) in [6.45, 7) is 8.71. The highest BCUT2D eigenvalue weighted by Crippen LogP contribution is 2.16. The predicted molar refractivity (Wildman–Crippen MR) is 116 cm³/mol. The van der Waals surface area contributed by atoms with Crippen LogP contribution in [0, 0.1) is 6.92 Å². The van der Waals surface area contributed by atoms with Crippen LogP contribution in [0.4, 0.5) is 0 Å². The maximum atomic E-state index is 13.0. The van der Waals surface area contributed by atoms with Crippen molar-refractivity contribution in [3.8, 4) is 5.75 Å². The Bertz CT molecular complexity index is 802. The van der Waals surface area contributed by atoms with Crippen LogP contribution in [0.15, 0.2) is 48.5 Å². The average molecular weight is 397 g/mol. The first-order chi connectivity index (χ1) is 14.0. The SMILES string of the molecule is CCCNC(=O)[C@@H](C)N(Cc1ccccc1C)C(=O)COc1ccc(CC)cc1. The Labute approximate surface area is 174 Å². The van der Waals surface area contributed by atoms with Gasteiger partial charge in [0.1, 0.15) is 11.8 Å². The van der Waals surface area contributed by atoms with Crippen LogP contribution >= 0.6 is 0 Å². The van der Waals surface area contributed by atoms with Gasteiger partial charge in [-0.1, -0.05) is 50.2 Å². The molecule has 5 nitrogen and oxygen atoms in total. The van der Waals surface area contributed by atoms with Gasteiger partial charge in [0.05, 0.1) is 0 Å². The summed E-state index contributed by atoms with van der Waals surface area (Å²) in [6, 6.07) is 15.0. The number of carbonyl (C=O) groups is 2. The maximum Gasteiger partial charge on any atom is 0.261 e. The van der Waals surface area contributed by atoms with Crippen LogP contribution in [0.5, 0.6) is 5.75 Å². The molecule has 29 heavy (non-hydrogen) atoms. The van der Waals surface area contributed by atoms with Gasteiger partial charge >= 0.3 is 0 Å². The summed E-state index contributed by atoms with van der Waals surface area (Å²) >= 11 is 0. The van der Waals surface area contributed by atoms with Crippen LogP contribution in [0.25, 0.3) is 0 Å². The van der Waals surface area contributed by atoms with E-state index in [1.807, 2.05) is 62.4 Å². The van der Waals surface area contributed by atoms with Gasteiger partial charge in [-0.3, -0.25) is 9.59 Å². The molecular formula is C24H32N2O3. The van der Waals surface area contributed by atoms with E-state index in [1.165, 1.54) is 5.56 Å². The molecule has 0 fully saturated rings. The first kappa shape index (κ1) is 22.5. The topological polar surface area (TPSA) is 58.6 Å². The molecule has 0 saturated carbocycles. The van der Waals surface area contributed by atoms with Gasteiger partial charge in [0, 0.05) is 13.1 Å². The van der Waals surface area contributed by atoms with E-state index in [0.29, 0.717) is 18.8 Å². The number of nitrogens with one attached hydrogen (secondary N) is 1. The molecule has 1 N–H and O–H groups in total. The normalized spacial score (nSPS) is 11.6. The smallest absolute Gasteiger partial charge is 0.261 e. The molecule has 0 unspecified atom stereocenters. The molecule has 0 heterocycles. The Balaban J connectivity index is 2.12. The third-order valence-electron chi connectivity index (χ3n) is 5.01. The Morgan fingerprint density at radius 2 is 1.76 bits per heavy atom. The number of hydrogen-bond donors (Lipinski definition) is 1. The number of carbonyl (C=O) groups excluding carboxylic acids is 2. The lowest BCUT2D eigenvalue weighted by Crippen LogP contribution is -2.49. The first-order valence-electron chi connectivity index (χ1n) is 10.3. The molecule has 0 aliphatic rings. The molecule has 0 aromatic heterocycles. The van der Waals surface area contributed by atoms with Gasteiger partial charge in [0.15, 0.2) is 6.61 Å². The summed E-state index contributed by atoms with van der Waals surface area (Å²) in [6.07, 6.45) is 1.80. The zero-order valence-corrected chi connectivity index (χ0v) is 17.9. The summed E-state index contributed by atoms with van der Waals surface area (Å²) < 4.78 is 5.70. The number of hydrogen-bond acceptors (Lipinski definition) is 3. The molecule has 0 radical (unpaired) electrons. The standard InChI is InChI=1S/C24H32N2O3/c1-5-15-25-24(28)19(4)26(16-21-10-8-7-9-18(21)3)23(27)17-29-22-13-11-20(6-2)12-14-22/h7-14,19H,5-6,15-17H2,1-4H3,(H,25,28)/t19-/m1/s1. The predicted octanol–water partition coefficient (Wildman–Crippen LogP) is 3.88. The lowest BCUT2D eigenvalue weighted by atomic mass is 10.1. The fraction of sp³-hybridized carbons (Fsp3) is 0.417. The summed E-state index contributed by atoms with van der Waals surface area (Å²) in [7, 11) is 0. The summed E-state index contributed by atoms with van der Waals surface area (Å²) in [5.74, 6) is 0.280. The van der Waals surface area contributed by atoms with Gasteiger partial charge in [0.2, 0.25) is 5.91 Å². The van der Waals surface area contributed by atoms with Gasteiger partial charge < -0.3 is 15.0 Å². The van der Waals surface area contributed by atoms with E-state index in [-0.39, 0.29) is 18.4 Å². The van der Waals surface area contributed by atoms with Gasteiger partial charge in [-0.2, -0.15) is 0 Å². The van der Waals surface area contributed by atoms with E-state index in [4.69, 9.17) is 4.74 Å². The van der Waals surface area contributed by atoms with E-state index in [0.717, 1.165) is 24.0 Å². The molecule has 0 spiro atoms. The molecule has 5 heteroatoms. The highest BCUT2D eigenvalue weighted by atomic mass is 16.5. The van der Waals surface area contributed by atoms with E-state index in [9.17, 15) is 9.59 Å². The van der Waals surface area contributed by atoms with Crippen molar-refractivity contribution in [2.24, 2.45) is 0 Å². The minimum atomic E-state index is -0.584. The Kier molecular flexibility index (Phi) is 8.71. The van der Waals surface area contributed by atoms with Crippen LogP contribution in [0.1, 0.15) is 43.9 Å². The van der Waals surface area contributed by atoms with Crippen molar-refractivity contribution in [2.75, 3.05) is 13.2 Å². The second kappa shape index (κ2) is 11.2. The minimum absolute atomic E-state index is 0.108. The van der Waals surface area contributed by atoms with Crippen molar-refractivity contribution in [1.82, 2.24) is 10.2 Å². The number of rotatable bonds is 10.